The summed E-state index contributed by atoms with van der Waals surface area (Å²) < 4.78 is 22.0. The molecule has 1 N–H and O–H groups in total. The van der Waals surface area contributed by atoms with Crippen LogP contribution >= 0.6 is 0 Å². The van der Waals surface area contributed by atoms with Gasteiger partial charge in [-0.2, -0.15) is 0 Å². The molecule has 12 nitrogen and oxygen atoms in total. The first-order valence-electron chi connectivity index (χ1n) is 18.9. The van der Waals surface area contributed by atoms with Gasteiger partial charge in [-0.25, -0.2) is 0 Å². The van der Waals surface area contributed by atoms with Crippen LogP contribution in [-0.4, -0.2) is 64.5 Å². The average Bonchev–Trinajstić information content (AvgIpc) is 3.19. The van der Waals surface area contributed by atoms with Crippen LogP contribution < -0.4 is 9.47 Å². The number of rotatable bonds is 19. The second kappa shape index (κ2) is 19.9. The number of hydrogen-bond acceptors (Lipinski definition) is 9. The molecule has 4 aromatic rings. The molecule has 1 saturated carbocycles. The van der Waals surface area contributed by atoms with E-state index in [0.29, 0.717) is 35.8 Å². The summed E-state index contributed by atoms with van der Waals surface area (Å²) in [6.07, 6.45) is 1.16. The fourth-order valence-electron chi connectivity index (χ4n) is 6.83. The number of nitrogens with zero attached hydrogens (tertiary/aromatic N) is 2. The van der Waals surface area contributed by atoms with Crippen LogP contribution in [0.1, 0.15) is 51.2 Å². The third-order valence-electron chi connectivity index (χ3n) is 9.55. The maximum atomic E-state index is 14.6. The standard InChI is InChI=1S/C44H48N2O10/c1-4-25-45(27-30-17-21-34(22-18-30)55-32-13-9-7-10-14-32)41(48)37-38(40(39(37)43(50)51)44(52)54-29-53-36(47)6-3)42(49)46(26-5-2)28-31-19-23-35(24-20-31)56-33-15-11-8-12-16-33/h7-24,37-40H,4-6,25-29H2,1-3H3,(H,50,51). The molecule has 4 aromatic carbocycles. The quantitative estimate of drug-likeness (QED) is 0.0753. The Labute approximate surface area is 326 Å². The number of para-hydroxylation sites is 2. The fourth-order valence-corrected chi connectivity index (χ4v) is 6.83. The molecule has 2 amide bonds. The van der Waals surface area contributed by atoms with E-state index in [2.05, 4.69) is 0 Å². The van der Waals surface area contributed by atoms with Crippen molar-refractivity contribution in [3.63, 3.8) is 0 Å². The molecule has 0 bridgehead atoms. The summed E-state index contributed by atoms with van der Waals surface area (Å²) in [6, 6.07) is 33.0. The van der Waals surface area contributed by atoms with Gasteiger partial charge in [0, 0.05) is 32.6 Å². The lowest BCUT2D eigenvalue weighted by molar-refractivity contribution is -0.196. The zero-order chi connectivity index (χ0) is 40.0. The smallest absolute Gasteiger partial charge is 0.313 e. The van der Waals surface area contributed by atoms with Crippen molar-refractivity contribution in [2.75, 3.05) is 19.9 Å². The summed E-state index contributed by atoms with van der Waals surface area (Å²) in [5, 5.41) is 10.5. The van der Waals surface area contributed by atoms with Gasteiger partial charge < -0.3 is 33.9 Å². The molecule has 1 aliphatic rings. The summed E-state index contributed by atoms with van der Waals surface area (Å²) in [5.74, 6) is -7.35. The second-order valence-electron chi connectivity index (χ2n) is 13.5. The number of carboxylic acid groups (broad SMARTS) is 1. The van der Waals surface area contributed by atoms with Crippen LogP contribution in [0, 0.1) is 23.7 Å². The highest BCUT2D eigenvalue weighted by atomic mass is 16.7. The van der Waals surface area contributed by atoms with Crippen LogP contribution in [0.2, 0.25) is 0 Å². The van der Waals surface area contributed by atoms with Gasteiger partial charge in [0.15, 0.2) is 0 Å². The number of aliphatic carboxylic acids is 1. The summed E-state index contributed by atoms with van der Waals surface area (Å²) in [7, 11) is 0. The molecule has 4 atom stereocenters. The number of amides is 2. The Hall–Kier alpha value is -6.17. The fraction of sp³-hybridized carbons (Fsp3) is 0.341. The maximum absolute atomic E-state index is 14.6. The van der Waals surface area contributed by atoms with Crippen molar-refractivity contribution in [2.45, 2.75) is 53.1 Å². The molecule has 12 heteroatoms. The van der Waals surface area contributed by atoms with Crippen molar-refractivity contribution in [1.29, 1.82) is 0 Å². The summed E-state index contributed by atoms with van der Waals surface area (Å²) in [6.45, 7) is 5.46. The van der Waals surface area contributed by atoms with Crippen LogP contribution in [0.25, 0.3) is 0 Å². The Morgan fingerprint density at radius 2 is 0.946 bits per heavy atom. The van der Waals surface area contributed by atoms with Gasteiger partial charge in [-0.3, -0.25) is 24.0 Å². The van der Waals surface area contributed by atoms with E-state index >= 15 is 0 Å². The first-order valence-corrected chi connectivity index (χ1v) is 18.9. The molecule has 0 saturated heterocycles. The van der Waals surface area contributed by atoms with Gasteiger partial charge in [-0.15, -0.1) is 0 Å². The number of ether oxygens (including phenoxy) is 4. The molecule has 0 radical (unpaired) electrons. The first kappa shape index (κ1) is 41.0. The highest BCUT2D eigenvalue weighted by Gasteiger charge is 2.65. The Balaban J connectivity index is 1.40. The Bertz CT molecular complexity index is 1920. The van der Waals surface area contributed by atoms with E-state index in [-0.39, 0.29) is 32.6 Å². The largest absolute Gasteiger partial charge is 0.481 e. The molecule has 0 spiro atoms. The van der Waals surface area contributed by atoms with Gasteiger partial charge >= 0.3 is 17.9 Å². The highest BCUT2D eigenvalue weighted by molar-refractivity contribution is 6.00. The maximum Gasteiger partial charge on any atom is 0.313 e. The third-order valence-corrected chi connectivity index (χ3v) is 9.55. The van der Waals surface area contributed by atoms with Crippen LogP contribution in [0.5, 0.6) is 23.0 Å². The molecular weight excluding hydrogens is 716 g/mol. The van der Waals surface area contributed by atoms with Crippen LogP contribution in [0.15, 0.2) is 109 Å². The Kier molecular flexibility index (Phi) is 14.6. The van der Waals surface area contributed by atoms with Crippen LogP contribution in [-0.2, 0) is 46.5 Å². The number of carbonyl (C=O) groups is 5. The molecule has 0 aromatic heterocycles. The van der Waals surface area contributed by atoms with Crippen molar-refractivity contribution in [2.24, 2.45) is 23.7 Å². The molecular formula is C44H48N2O10. The molecule has 1 aliphatic carbocycles. The van der Waals surface area contributed by atoms with Crippen molar-refractivity contribution in [3.05, 3.63) is 120 Å². The predicted octanol–water partition coefficient (Wildman–Crippen LogP) is 7.47. The number of carboxylic acids is 1. The highest BCUT2D eigenvalue weighted by Crippen LogP contribution is 2.49. The van der Waals surface area contributed by atoms with Gasteiger partial charge in [0.2, 0.25) is 18.6 Å². The zero-order valence-electron chi connectivity index (χ0n) is 31.9. The Morgan fingerprint density at radius 1 is 0.536 bits per heavy atom. The van der Waals surface area contributed by atoms with Gasteiger partial charge in [0.05, 0.1) is 23.7 Å². The monoisotopic (exact) mass is 764 g/mol. The molecule has 56 heavy (non-hydrogen) atoms. The molecule has 0 aliphatic heterocycles. The first-order chi connectivity index (χ1) is 27.1. The second-order valence-corrected chi connectivity index (χ2v) is 13.5. The van der Waals surface area contributed by atoms with Gasteiger partial charge in [-0.05, 0) is 72.5 Å². The van der Waals surface area contributed by atoms with E-state index in [4.69, 9.17) is 18.9 Å². The minimum Gasteiger partial charge on any atom is -0.481 e. The van der Waals surface area contributed by atoms with E-state index < -0.39 is 60.2 Å². The normalized spacial score (nSPS) is 17.1. The SMILES string of the molecule is CCCN(Cc1ccc(Oc2ccccc2)cc1)C(=O)C1C(C(=O)O)C(C(=O)OCOC(=O)CC)C1C(=O)N(CCC)Cc1ccc(Oc2ccccc2)cc1. The van der Waals surface area contributed by atoms with Crippen LogP contribution in [0.3, 0.4) is 0 Å². The van der Waals surface area contributed by atoms with E-state index in [1.165, 1.54) is 4.90 Å². The summed E-state index contributed by atoms with van der Waals surface area (Å²) in [4.78, 5) is 70.4. The minimum absolute atomic E-state index is 0.0395. The summed E-state index contributed by atoms with van der Waals surface area (Å²) >= 11 is 0. The minimum atomic E-state index is -1.55. The van der Waals surface area contributed by atoms with Gasteiger partial charge in [-0.1, -0.05) is 81.4 Å². The number of esters is 2. The van der Waals surface area contributed by atoms with E-state index in [9.17, 15) is 29.1 Å². The zero-order valence-corrected chi connectivity index (χ0v) is 31.9. The van der Waals surface area contributed by atoms with E-state index in [1.54, 1.807) is 36.1 Å². The van der Waals surface area contributed by atoms with Crippen LogP contribution in [0.4, 0.5) is 0 Å². The van der Waals surface area contributed by atoms with Crippen molar-refractivity contribution < 1.29 is 48.0 Å². The molecule has 0 heterocycles. The molecule has 5 rings (SSSR count). The molecule has 294 valence electrons. The number of benzene rings is 4. The van der Waals surface area contributed by atoms with E-state index in [1.807, 2.05) is 98.8 Å². The van der Waals surface area contributed by atoms with Gasteiger partial charge in [0.25, 0.3) is 0 Å². The van der Waals surface area contributed by atoms with Crippen molar-refractivity contribution in [1.82, 2.24) is 9.80 Å². The lowest BCUT2D eigenvalue weighted by Gasteiger charge is -2.49. The lowest BCUT2D eigenvalue weighted by atomic mass is 9.55. The van der Waals surface area contributed by atoms with Gasteiger partial charge in [0.1, 0.15) is 23.0 Å². The Morgan fingerprint density at radius 3 is 1.34 bits per heavy atom. The third kappa shape index (κ3) is 10.5. The number of hydrogen-bond donors (Lipinski definition) is 1. The van der Waals surface area contributed by atoms with Crippen molar-refractivity contribution in [3.8, 4) is 23.0 Å². The lowest BCUT2D eigenvalue weighted by Crippen LogP contribution is -2.64. The summed E-state index contributed by atoms with van der Waals surface area (Å²) in [5.41, 5.74) is 1.53. The molecule has 1 fully saturated rings. The average molecular weight is 765 g/mol. The molecule has 4 unspecified atom stereocenters. The number of carbonyl (C=O) groups excluding carboxylic acids is 4. The topological polar surface area (TPSA) is 149 Å². The predicted molar refractivity (Wildman–Crippen MR) is 206 cm³/mol. The van der Waals surface area contributed by atoms with Crippen molar-refractivity contribution >= 4 is 29.7 Å². The van der Waals surface area contributed by atoms with E-state index in [0.717, 1.165) is 11.1 Å².